The molecule has 0 saturated carbocycles. The zero-order chi connectivity index (χ0) is 31.5. The highest BCUT2D eigenvalue weighted by Gasteiger charge is 2.44. The van der Waals surface area contributed by atoms with Crippen molar-refractivity contribution in [1.29, 1.82) is 0 Å². The van der Waals surface area contributed by atoms with Crippen LogP contribution in [-0.2, 0) is 30.2 Å². The fraction of sp³-hybridized carbons (Fsp3) is 0.655. The summed E-state index contributed by atoms with van der Waals surface area (Å²) in [5.41, 5.74) is 4.05. The predicted octanol–water partition coefficient (Wildman–Crippen LogP) is 5.72. The lowest BCUT2D eigenvalue weighted by molar-refractivity contribution is -0.148. The molecule has 232 valence electrons. The Morgan fingerprint density at radius 1 is 0.854 bits per heavy atom. The van der Waals surface area contributed by atoms with E-state index in [-0.39, 0.29) is 43.0 Å². The number of hydrogen-bond acceptors (Lipinski definition) is 11. The van der Waals surface area contributed by atoms with Crippen LogP contribution in [0.25, 0.3) is 0 Å². The van der Waals surface area contributed by atoms with Crippen LogP contribution in [-0.4, -0.2) is 60.0 Å². The average molecular weight is 584 g/mol. The van der Waals surface area contributed by atoms with Crippen LogP contribution in [0, 0.1) is 17.8 Å². The van der Waals surface area contributed by atoms with E-state index in [4.69, 9.17) is 34.2 Å². The monoisotopic (exact) mass is 583 g/mol. The standard InChI is InChI=1S/C29H45NO11/c1-10-28(8,9)41-27(35)38-20(7)19(6)29(30,24(31)32)14-21-11-12-22(39-25(33)36-15-17(2)3)23(13-21)40-26(34)37-16-18(4)5/h11-13,17-20H,10,14-16,30H2,1-9H3,(H,31,32)/t19-,20+,29-/m1/s1. The highest BCUT2D eigenvalue weighted by atomic mass is 16.7. The Morgan fingerprint density at radius 3 is 1.83 bits per heavy atom. The zero-order valence-corrected chi connectivity index (χ0v) is 25.5. The van der Waals surface area contributed by atoms with Crippen LogP contribution in [0.5, 0.6) is 11.5 Å². The number of carboxylic acid groups (broad SMARTS) is 1. The molecule has 0 aliphatic heterocycles. The van der Waals surface area contributed by atoms with Crippen molar-refractivity contribution in [2.24, 2.45) is 23.5 Å². The van der Waals surface area contributed by atoms with Gasteiger partial charge in [0.1, 0.15) is 17.2 Å². The summed E-state index contributed by atoms with van der Waals surface area (Å²) in [7, 11) is 0. The smallest absolute Gasteiger partial charge is 0.480 e. The van der Waals surface area contributed by atoms with Gasteiger partial charge >= 0.3 is 24.4 Å². The van der Waals surface area contributed by atoms with Crippen molar-refractivity contribution in [2.45, 2.75) is 92.4 Å². The van der Waals surface area contributed by atoms with Gasteiger partial charge in [0, 0.05) is 12.3 Å². The molecule has 0 heterocycles. The van der Waals surface area contributed by atoms with Crippen molar-refractivity contribution in [3.63, 3.8) is 0 Å². The molecule has 0 aliphatic carbocycles. The Balaban J connectivity index is 3.25. The molecule has 1 rings (SSSR count). The summed E-state index contributed by atoms with van der Waals surface area (Å²) >= 11 is 0. The fourth-order valence-electron chi connectivity index (χ4n) is 3.30. The first kappa shape index (κ1) is 35.5. The highest BCUT2D eigenvalue weighted by molar-refractivity contribution is 5.80. The number of hydrogen-bond donors (Lipinski definition) is 2. The van der Waals surface area contributed by atoms with Gasteiger partial charge in [-0.05, 0) is 56.7 Å². The third-order valence-corrected chi connectivity index (χ3v) is 6.37. The minimum absolute atomic E-state index is 0.0417. The van der Waals surface area contributed by atoms with Crippen LogP contribution >= 0.6 is 0 Å². The van der Waals surface area contributed by atoms with E-state index >= 15 is 0 Å². The first-order valence-electron chi connectivity index (χ1n) is 13.6. The normalized spacial score (nSPS) is 14.4. The van der Waals surface area contributed by atoms with Gasteiger partial charge in [-0.3, -0.25) is 4.79 Å². The number of carbonyl (C=O) groups excluding carboxylic acids is 3. The minimum atomic E-state index is -1.92. The first-order chi connectivity index (χ1) is 18.9. The minimum Gasteiger partial charge on any atom is -0.480 e. The molecule has 3 atom stereocenters. The van der Waals surface area contributed by atoms with Crippen molar-refractivity contribution < 1.29 is 52.7 Å². The van der Waals surface area contributed by atoms with E-state index in [9.17, 15) is 24.3 Å². The van der Waals surface area contributed by atoms with Crippen molar-refractivity contribution in [1.82, 2.24) is 0 Å². The van der Waals surface area contributed by atoms with E-state index in [0.717, 1.165) is 0 Å². The van der Waals surface area contributed by atoms with Gasteiger partial charge in [0.05, 0.1) is 13.2 Å². The van der Waals surface area contributed by atoms with Gasteiger partial charge in [-0.2, -0.15) is 0 Å². The lowest BCUT2D eigenvalue weighted by atomic mass is 9.78. The second-order valence-electron chi connectivity index (χ2n) is 11.5. The highest BCUT2D eigenvalue weighted by Crippen LogP contribution is 2.33. The summed E-state index contributed by atoms with van der Waals surface area (Å²) in [6.07, 6.45) is -3.64. The molecular formula is C29H45NO11. The number of carbonyl (C=O) groups is 4. The van der Waals surface area contributed by atoms with Gasteiger partial charge in [-0.25, -0.2) is 14.4 Å². The van der Waals surface area contributed by atoms with Crippen molar-refractivity contribution >= 4 is 24.4 Å². The predicted molar refractivity (Wildman–Crippen MR) is 149 cm³/mol. The van der Waals surface area contributed by atoms with E-state index in [1.54, 1.807) is 20.8 Å². The van der Waals surface area contributed by atoms with Crippen LogP contribution in [0.4, 0.5) is 14.4 Å². The van der Waals surface area contributed by atoms with Gasteiger partial charge in [0.2, 0.25) is 0 Å². The maximum Gasteiger partial charge on any atom is 0.513 e. The summed E-state index contributed by atoms with van der Waals surface area (Å²) in [6, 6.07) is 4.12. The lowest BCUT2D eigenvalue weighted by Crippen LogP contribution is -2.58. The Hall–Kier alpha value is -3.54. The van der Waals surface area contributed by atoms with Crippen LogP contribution in [0.15, 0.2) is 18.2 Å². The van der Waals surface area contributed by atoms with E-state index in [1.165, 1.54) is 25.1 Å². The zero-order valence-electron chi connectivity index (χ0n) is 25.5. The largest absolute Gasteiger partial charge is 0.513 e. The maximum absolute atomic E-state index is 12.4. The molecule has 0 bridgehead atoms. The van der Waals surface area contributed by atoms with Crippen LogP contribution in [0.1, 0.15) is 74.3 Å². The Bertz CT molecular complexity index is 1050. The molecule has 0 saturated heterocycles. The van der Waals surface area contributed by atoms with E-state index in [2.05, 4.69) is 0 Å². The molecule has 0 aliphatic rings. The van der Waals surface area contributed by atoms with Gasteiger partial charge in [0.15, 0.2) is 11.5 Å². The van der Waals surface area contributed by atoms with Crippen molar-refractivity contribution in [3.05, 3.63) is 23.8 Å². The molecule has 0 fully saturated rings. The molecule has 41 heavy (non-hydrogen) atoms. The summed E-state index contributed by atoms with van der Waals surface area (Å²) < 4.78 is 31.3. The molecule has 0 spiro atoms. The van der Waals surface area contributed by atoms with E-state index in [1.807, 2.05) is 34.6 Å². The fourth-order valence-corrected chi connectivity index (χ4v) is 3.30. The number of benzene rings is 1. The lowest BCUT2D eigenvalue weighted by Gasteiger charge is -2.35. The summed E-state index contributed by atoms with van der Waals surface area (Å²) in [5, 5.41) is 10.1. The average Bonchev–Trinajstić information content (AvgIpc) is 2.86. The SMILES string of the molecule is CCC(C)(C)OC(=O)O[C@@H](C)[C@@H](C)[C@](N)(Cc1ccc(OC(=O)OCC(C)C)c(OC(=O)OCC(C)C)c1)C(=O)O. The topological polar surface area (TPSA) is 170 Å². The Labute approximate surface area is 241 Å². The van der Waals surface area contributed by atoms with Crippen LogP contribution in [0.3, 0.4) is 0 Å². The molecule has 0 aromatic heterocycles. The summed E-state index contributed by atoms with van der Waals surface area (Å²) in [6.45, 7) is 15.9. The molecular weight excluding hydrogens is 538 g/mol. The Morgan fingerprint density at radius 2 is 1.37 bits per heavy atom. The molecule has 0 unspecified atom stereocenters. The number of ether oxygens (including phenoxy) is 6. The summed E-state index contributed by atoms with van der Waals surface area (Å²) in [4.78, 5) is 49.2. The summed E-state index contributed by atoms with van der Waals surface area (Å²) in [5.74, 6) is -2.48. The number of aliphatic carboxylic acids is 1. The quantitative estimate of drug-likeness (QED) is 0.155. The van der Waals surface area contributed by atoms with Crippen molar-refractivity contribution in [3.8, 4) is 11.5 Å². The second-order valence-corrected chi connectivity index (χ2v) is 11.5. The third kappa shape index (κ3) is 11.8. The van der Waals surface area contributed by atoms with Gasteiger partial charge in [0.25, 0.3) is 0 Å². The van der Waals surface area contributed by atoms with Gasteiger partial charge in [-0.15, -0.1) is 0 Å². The van der Waals surface area contributed by atoms with Crippen LogP contribution in [0.2, 0.25) is 0 Å². The number of rotatable bonds is 14. The van der Waals surface area contributed by atoms with Crippen LogP contribution < -0.4 is 15.2 Å². The molecule has 12 nitrogen and oxygen atoms in total. The third-order valence-electron chi connectivity index (χ3n) is 6.37. The first-order valence-corrected chi connectivity index (χ1v) is 13.6. The molecule has 3 N–H and O–H groups in total. The number of carboxylic acids is 1. The van der Waals surface area contributed by atoms with Gasteiger partial charge in [-0.1, -0.05) is 47.6 Å². The number of nitrogens with two attached hydrogens (primary N) is 1. The second kappa shape index (κ2) is 15.5. The van der Waals surface area contributed by atoms with E-state index in [0.29, 0.717) is 12.0 Å². The molecule has 0 amide bonds. The van der Waals surface area contributed by atoms with Gasteiger partial charge < -0.3 is 39.3 Å². The van der Waals surface area contributed by atoms with Crippen molar-refractivity contribution in [2.75, 3.05) is 13.2 Å². The molecule has 12 heteroatoms. The molecule has 1 aromatic rings. The maximum atomic E-state index is 12.4. The Kier molecular flexibility index (Phi) is 13.4. The molecule has 1 aromatic carbocycles. The van der Waals surface area contributed by atoms with E-state index < -0.39 is 47.6 Å². The molecule has 0 radical (unpaired) electrons.